The average molecular weight is 279 g/mol. The van der Waals surface area contributed by atoms with Crippen LogP contribution in [-0.4, -0.2) is 34.0 Å². The molecule has 0 aromatic carbocycles. The first-order chi connectivity index (χ1) is 9.64. The molecular weight excluding hydrogens is 254 g/mol. The van der Waals surface area contributed by atoms with Gasteiger partial charge >= 0.3 is 0 Å². The first-order valence-electron chi connectivity index (χ1n) is 8.12. The highest BCUT2D eigenvalue weighted by Crippen LogP contribution is 2.49. The number of carbonyl (C=O) groups is 2. The third-order valence-electron chi connectivity index (χ3n) is 5.76. The number of hydrogen-bond donors (Lipinski definition) is 1. The molecule has 0 unspecified atom stereocenters. The van der Waals surface area contributed by atoms with Gasteiger partial charge < -0.3 is 5.11 Å². The highest BCUT2D eigenvalue weighted by atomic mass is 16.3. The summed E-state index contributed by atoms with van der Waals surface area (Å²) in [5.41, 5.74) is -1.01. The summed E-state index contributed by atoms with van der Waals surface area (Å²) in [6.45, 7) is -0.0689. The smallest absolute Gasteiger partial charge is 0.236 e. The number of rotatable bonds is 2. The van der Waals surface area contributed by atoms with E-state index in [2.05, 4.69) is 0 Å². The molecule has 4 nitrogen and oxygen atoms in total. The molecule has 20 heavy (non-hydrogen) atoms. The number of aliphatic hydroxyl groups excluding tert-OH is 1. The fourth-order valence-corrected chi connectivity index (χ4v) is 4.56. The van der Waals surface area contributed by atoms with Crippen molar-refractivity contribution in [1.29, 1.82) is 0 Å². The quantitative estimate of drug-likeness (QED) is 0.790. The monoisotopic (exact) mass is 279 g/mol. The van der Waals surface area contributed by atoms with Gasteiger partial charge in [-0.15, -0.1) is 0 Å². The van der Waals surface area contributed by atoms with Crippen LogP contribution in [0.3, 0.4) is 0 Å². The highest BCUT2D eigenvalue weighted by Gasteiger charge is 2.57. The zero-order valence-electron chi connectivity index (χ0n) is 12.2. The minimum Gasteiger partial charge on any atom is -0.394 e. The summed E-state index contributed by atoms with van der Waals surface area (Å²) in [6, 6.07) is 0. The van der Waals surface area contributed by atoms with E-state index in [1.807, 2.05) is 0 Å². The van der Waals surface area contributed by atoms with E-state index in [0.29, 0.717) is 6.42 Å². The van der Waals surface area contributed by atoms with Crippen LogP contribution in [0.5, 0.6) is 0 Å². The first kappa shape index (κ1) is 14.1. The molecule has 0 radical (unpaired) electrons. The lowest BCUT2D eigenvalue weighted by molar-refractivity contribution is -0.151. The van der Waals surface area contributed by atoms with Crippen molar-refractivity contribution in [2.75, 3.05) is 6.61 Å². The maximum atomic E-state index is 13.0. The zero-order valence-corrected chi connectivity index (χ0v) is 12.2. The minimum atomic E-state index is -0.579. The van der Waals surface area contributed by atoms with Crippen LogP contribution in [0.25, 0.3) is 0 Å². The Bertz CT molecular complexity index is 404. The summed E-state index contributed by atoms with van der Waals surface area (Å²) >= 11 is 0. The molecule has 1 aliphatic heterocycles. The van der Waals surface area contributed by atoms with E-state index in [1.165, 1.54) is 17.7 Å². The van der Waals surface area contributed by atoms with Crippen LogP contribution in [0.2, 0.25) is 0 Å². The van der Waals surface area contributed by atoms with Gasteiger partial charge in [-0.05, 0) is 25.7 Å². The van der Waals surface area contributed by atoms with Crippen molar-refractivity contribution < 1.29 is 14.7 Å². The Balaban J connectivity index is 1.90. The lowest BCUT2D eigenvalue weighted by Crippen LogP contribution is -2.53. The molecule has 0 atom stereocenters. The maximum absolute atomic E-state index is 13.0. The molecule has 1 saturated heterocycles. The minimum absolute atomic E-state index is 0.0281. The number of carbonyl (C=O) groups excluding carboxylic acids is 2. The van der Waals surface area contributed by atoms with Crippen molar-refractivity contribution >= 4 is 11.8 Å². The predicted molar refractivity (Wildman–Crippen MR) is 74.9 cm³/mol. The number of likely N-dealkylation sites (tertiary alicyclic amines) is 1. The second-order valence-corrected chi connectivity index (χ2v) is 7.00. The Morgan fingerprint density at radius 2 is 1.45 bits per heavy atom. The van der Waals surface area contributed by atoms with Crippen molar-refractivity contribution in [3.63, 3.8) is 0 Å². The SMILES string of the molecule is O=C1CC2(CCCCCC2)C(=O)N1C1(CO)CCCC1. The number of aliphatic hydroxyl groups is 1. The molecule has 2 saturated carbocycles. The second kappa shape index (κ2) is 5.14. The van der Waals surface area contributed by atoms with Crippen molar-refractivity contribution in [2.24, 2.45) is 5.41 Å². The summed E-state index contributed by atoms with van der Waals surface area (Å²) in [5, 5.41) is 9.81. The number of hydrogen-bond acceptors (Lipinski definition) is 3. The second-order valence-electron chi connectivity index (χ2n) is 7.00. The predicted octanol–water partition coefficient (Wildman–Crippen LogP) is 2.39. The molecule has 1 spiro atoms. The molecule has 2 amide bonds. The van der Waals surface area contributed by atoms with Crippen LogP contribution in [0.4, 0.5) is 0 Å². The van der Waals surface area contributed by atoms with E-state index in [1.54, 1.807) is 0 Å². The van der Waals surface area contributed by atoms with Gasteiger partial charge in [-0.25, -0.2) is 0 Å². The Morgan fingerprint density at radius 1 is 0.900 bits per heavy atom. The fourth-order valence-electron chi connectivity index (χ4n) is 4.56. The largest absolute Gasteiger partial charge is 0.394 e. The number of nitrogens with zero attached hydrogens (tertiary/aromatic N) is 1. The Kier molecular flexibility index (Phi) is 3.61. The molecule has 2 aliphatic carbocycles. The van der Waals surface area contributed by atoms with Gasteiger partial charge in [0.05, 0.1) is 17.6 Å². The van der Waals surface area contributed by atoms with Gasteiger partial charge in [-0.3, -0.25) is 14.5 Å². The standard InChI is InChI=1S/C16H25NO3/c18-12-16(9-5-6-10-16)17-13(19)11-15(14(17)20)7-3-1-2-4-8-15/h18H,1-12H2. The fraction of sp³-hybridized carbons (Fsp3) is 0.875. The van der Waals surface area contributed by atoms with E-state index in [-0.39, 0.29) is 18.4 Å². The van der Waals surface area contributed by atoms with Gasteiger partial charge in [-0.2, -0.15) is 0 Å². The normalized spacial score (nSPS) is 29.1. The van der Waals surface area contributed by atoms with Gasteiger partial charge in [0.2, 0.25) is 11.8 Å². The van der Waals surface area contributed by atoms with Crippen LogP contribution < -0.4 is 0 Å². The van der Waals surface area contributed by atoms with Crippen molar-refractivity contribution in [1.82, 2.24) is 4.90 Å². The Hall–Kier alpha value is -0.900. The summed E-state index contributed by atoms with van der Waals surface area (Å²) in [7, 11) is 0. The van der Waals surface area contributed by atoms with Gasteiger partial charge in [0.15, 0.2) is 0 Å². The molecule has 4 heteroatoms. The van der Waals surface area contributed by atoms with E-state index >= 15 is 0 Å². The lowest BCUT2D eigenvalue weighted by Gasteiger charge is -2.37. The van der Waals surface area contributed by atoms with Gasteiger partial charge in [-0.1, -0.05) is 38.5 Å². The lowest BCUT2D eigenvalue weighted by atomic mass is 9.78. The molecule has 0 aromatic heterocycles. The van der Waals surface area contributed by atoms with Crippen molar-refractivity contribution in [3.8, 4) is 0 Å². The summed E-state index contributed by atoms with van der Waals surface area (Å²) in [5.74, 6) is -0.00630. The van der Waals surface area contributed by atoms with Crippen LogP contribution in [0.15, 0.2) is 0 Å². The number of amides is 2. The summed E-state index contributed by atoms with van der Waals surface area (Å²) in [4.78, 5) is 27.0. The van der Waals surface area contributed by atoms with E-state index in [4.69, 9.17) is 0 Å². The molecule has 1 N–H and O–H groups in total. The van der Waals surface area contributed by atoms with Gasteiger partial charge in [0.25, 0.3) is 0 Å². The maximum Gasteiger partial charge on any atom is 0.236 e. The Morgan fingerprint density at radius 3 is 2.00 bits per heavy atom. The molecule has 0 bridgehead atoms. The molecular formula is C16H25NO3. The van der Waals surface area contributed by atoms with E-state index in [0.717, 1.165) is 51.4 Å². The highest BCUT2D eigenvalue weighted by molar-refractivity contribution is 6.06. The summed E-state index contributed by atoms with van der Waals surface area (Å²) < 4.78 is 0. The van der Waals surface area contributed by atoms with E-state index in [9.17, 15) is 14.7 Å². The topological polar surface area (TPSA) is 57.6 Å². The third-order valence-corrected chi connectivity index (χ3v) is 5.76. The van der Waals surface area contributed by atoms with Crippen LogP contribution in [0.1, 0.15) is 70.6 Å². The molecule has 3 fully saturated rings. The Labute approximate surface area is 120 Å². The first-order valence-corrected chi connectivity index (χ1v) is 8.12. The van der Waals surface area contributed by atoms with Crippen molar-refractivity contribution in [2.45, 2.75) is 76.2 Å². The van der Waals surface area contributed by atoms with E-state index < -0.39 is 11.0 Å². The molecule has 0 aromatic rings. The van der Waals surface area contributed by atoms with Gasteiger partial charge in [0, 0.05) is 6.42 Å². The molecule has 3 aliphatic rings. The molecule has 1 heterocycles. The van der Waals surface area contributed by atoms with Crippen molar-refractivity contribution in [3.05, 3.63) is 0 Å². The molecule has 112 valence electrons. The number of imide groups is 1. The van der Waals surface area contributed by atoms with Crippen LogP contribution in [-0.2, 0) is 9.59 Å². The summed E-state index contributed by atoms with van der Waals surface area (Å²) in [6.07, 6.45) is 10.1. The molecule has 3 rings (SSSR count). The van der Waals surface area contributed by atoms with Gasteiger partial charge in [0.1, 0.15) is 0 Å². The van der Waals surface area contributed by atoms with Crippen LogP contribution in [0, 0.1) is 5.41 Å². The zero-order chi connectivity index (χ0) is 14.2. The average Bonchev–Trinajstić information content (AvgIpc) is 2.90. The van der Waals surface area contributed by atoms with Crippen LogP contribution >= 0.6 is 0 Å². The third kappa shape index (κ3) is 2.00.